The fraction of sp³-hybridized carbons (Fsp3) is 0.562. The number of likely N-dealkylation sites (tertiary alicyclic amines) is 1. The van der Waals surface area contributed by atoms with Gasteiger partial charge >= 0.3 is 0 Å². The molecule has 4 nitrogen and oxygen atoms in total. The summed E-state index contributed by atoms with van der Waals surface area (Å²) in [4.78, 5) is 14.8. The molecule has 0 aromatic heterocycles. The molecule has 1 aliphatic rings. The molecule has 1 aromatic rings. The molecular weight excluding hydrogens is 286 g/mol. The third-order valence-corrected chi connectivity index (χ3v) is 4.51. The number of hydrogen-bond donors (Lipinski definition) is 2. The lowest BCUT2D eigenvalue weighted by Crippen LogP contribution is -2.47. The van der Waals surface area contributed by atoms with Gasteiger partial charge in [-0.2, -0.15) is 0 Å². The Morgan fingerprint density at radius 3 is 2.71 bits per heavy atom. The minimum Gasteiger partial charge on any atom is -0.399 e. The highest BCUT2D eigenvalue weighted by atomic mass is 35.5. The Labute approximate surface area is 131 Å². The molecule has 3 N–H and O–H groups in total. The molecule has 1 unspecified atom stereocenters. The smallest absolute Gasteiger partial charge is 0.241 e. The van der Waals surface area contributed by atoms with Crippen LogP contribution in [-0.2, 0) is 4.79 Å². The zero-order valence-corrected chi connectivity index (χ0v) is 13.5. The first-order chi connectivity index (χ1) is 10.0. The van der Waals surface area contributed by atoms with Crippen molar-refractivity contribution >= 4 is 28.9 Å². The monoisotopic (exact) mass is 309 g/mol. The van der Waals surface area contributed by atoms with Gasteiger partial charge in [-0.15, -0.1) is 0 Å². The molecule has 116 valence electrons. The number of nitrogens with two attached hydrogens (primary N) is 1. The van der Waals surface area contributed by atoms with Gasteiger partial charge in [-0.3, -0.25) is 9.69 Å². The van der Waals surface area contributed by atoms with Crippen molar-refractivity contribution in [1.82, 2.24) is 4.90 Å². The van der Waals surface area contributed by atoms with E-state index in [1.54, 1.807) is 18.2 Å². The van der Waals surface area contributed by atoms with Crippen LogP contribution in [0.5, 0.6) is 0 Å². The van der Waals surface area contributed by atoms with Crippen LogP contribution in [0.3, 0.4) is 0 Å². The predicted molar refractivity (Wildman–Crippen MR) is 88.5 cm³/mol. The number of piperidine rings is 1. The summed E-state index contributed by atoms with van der Waals surface area (Å²) in [6, 6.07) is 5.05. The molecule has 1 aromatic carbocycles. The molecule has 2 rings (SSSR count). The Morgan fingerprint density at radius 2 is 2.14 bits per heavy atom. The van der Waals surface area contributed by atoms with Crippen LogP contribution >= 0.6 is 11.6 Å². The second-order valence-corrected chi connectivity index (χ2v) is 6.28. The Bertz CT molecular complexity index is 498. The average molecular weight is 310 g/mol. The topological polar surface area (TPSA) is 58.4 Å². The number of nitrogens with one attached hydrogen (secondary N) is 1. The number of nitrogens with zero attached hydrogens (tertiary/aromatic N) is 1. The Morgan fingerprint density at radius 1 is 1.48 bits per heavy atom. The van der Waals surface area contributed by atoms with Gasteiger partial charge in [0, 0.05) is 5.69 Å². The summed E-state index contributed by atoms with van der Waals surface area (Å²) in [6.07, 6.45) is 3.12. The van der Waals surface area contributed by atoms with Gasteiger partial charge in [0.25, 0.3) is 0 Å². The molecular formula is C16H24ClN3O. The Hall–Kier alpha value is -1.26. The van der Waals surface area contributed by atoms with Gasteiger partial charge in [-0.05, 0) is 56.5 Å². The van der Waals surface area contributed by atoms with Gasteiger partial charge in [0.1, 0.15) is 0 Å². The van der Waals surface area contributed by atoms with Gasteiger partial charge < -0.3 is 11.1 Å². The molecule has 0 radical (unpaired) electrons. The van der Waals surface area contributed by atoms with E-state index < -0.39 is 0 Å². The fourth-order valence-electron chi connectivity index (χ4n) is 2.80. The number of hydrogen-bond acceptors (Lipinski definition) is 3. The minimum absolute atomic E-state index is 0.0127. The van der Waals surface area contributed by atoms with E-state index in [2.05, 4.69) is 17.1 Å². The predicted octanol–water partition coefficient (Wildman–Crippen LogP) is 3.37. The number of amides is 1. The van der Waals surface area contributed by atoms with Gasteiger partial charge in [0.05, 0.1) is 16.8 Å². The van der Waals surface area contributed by atoms with E-state index >= 15 is 0 Å². The number of rotatable bonds is 4. The number of anilines is 2. The maximum atomic E-state index is 12.5. The first-order valence-corrected chi connectivity index (χ1v) is 7.99. The highest BCUT2D eigenvalue weighted by molar-refractivity contribution is 6.34. The molecule has 1 amide bonds. The zero-order valence-electron chi connectivity index (χ0n) is 12.7. The normalized spacial score (nSPS) is 18.4. The van der Waals surface area contributed by atoms with Crippen LogP contribution in [0.1, 0.15) is 33.1 Å². The molecule has 5 heteroatoms. The van der Waals surface area contributed by atoms with E-state index in [0.29, 0.717) is 16.4 Å². The first kappa shape index (κ1) is 16.1. The second kappa shape index (κ2) is 7.14. The first-order valence-electron chi connectivity index (χ1n) is 7.61. The molecule has 0 saturated carbocycles. The lowest BCUT2D eigenvalue weighted by molar-refractivity contribution is -0.122. The Balaban J connectivity index is 2.03. The Kier molecular flexibility index (Phi) is 5.48. The molecule has 1 saturated heterocycles. The molecule has 1 heterocycles. The van der Waals surface area contributed by atoms with E-state index in [1.807, 2.05) is 6.92 Å². The van der Waals surface area contributed by atoms with Crippen molar-refractivity contribution in [1.29, 1.82) is 0 Å². The number of nitrogen functional groups attached to an aromatic ring is 1. The van der Waals surface area contributed by atoms with Crippen molar-refractivity contribution in [2.75, 3.05) is 24.1 Å². The van der Waals surface area contributed by atoms with Crippen LogP contribution in [0.2, 0.25) is 5.02 Å². The third-order valence-electron chi connectivity index (χ3n) is 4.20. The van der Waals surface area contributed by atoms with Gasteiger partial charge in [-0.25, -0.2) is 0 Å². The van der Waals surface area contributed by atoms with E-state index in [-0.39, 0.29) is 11.9 Å². The van der Waals surface area contributed by atoms with E-state index in [9.17, 15) is 4.79 Å². The van der Waals surface area contributed by atoms with Crippen molar-refractivity contribution in [3.8, 4) is 0 Å². The molecule has 0 spiro atoms. The highest BCUT2D eigenvalue weighted by Crippen LogP contribution is 2.25. The quantitative estimate of drug-likeness (QED) is 0.838. The summed E-state index contributed by atoms with van der Waals surface area (Å²) >= 11 is 6.12. The summed E-state index contributed by atoms with van der Waals surface area (Å²) in [5.74, 6) is 0.770. The molecule has 0 bridgehead atoms. The highest BCUT2D eigenvalue weighted by Gasteiger charge is 2.27. The number of halogens is 1. The summed E-state index contributed by atoms with van der Waals surface area (Å²) in [5, 5.41) is 3.41. The summed E-state index contributed by atoms with van der Waals surface area (Å²) in [5.41, 5.74) is 6.89. The number of benzene rings is 1. The maximum absolute atomic E-state index is 12.5. The SMILES string of the molecule is CCC(C(=O)Nc1ccc(N)cc1Cl)N1CCC(C)CC1. The summed E-state index contributed by atoms with van der Waals surface area (Å²) < 4.78 is 0. The van der Waals surface area contributed by atoms with Crippen LogP contribution < -0.4 is 11.1 Å². The van der Waals surface area contributed by atoms with Crippen LogP contribution in [0.15, 0.2) is 18.2 Å². The van der Waals surface area contributed by atoms with Gasteiger partial charge in [-0.1, -0.05) is 25.4 Å². The van der Waals surface area contributed by atoms with Crippen LogP contribution in [0, 0.1) is 5.92 Å². The van der Waals surface area contributed by atoms with Crippen LogP contribution in [0.25, 0.3) is 0 Å². The maximum Gasteiger partial charge on any atom is 0.241 e. The number of carbonyl (C=O) groups is 1. The standard InChI is InChI=1S/C16H24ClN3O/c1-3-15(20-8-6-11(2)7-9-20)16(21)19-14-5-4-12(18)10-13(14)17/h4-5,10-11,15H,3,6-9,18H2,1-2H3,(H,19,21). The van der Waals surface area contributed by atoms with Crippen molar-refractivity contribution < 1.29 is 4.79 Å². The van der Waals surface area contributed by atoms with Crippen molar-refractivity contribution in [3.63, 3.8) is 0 Å². The molecule has 21 heavy (non-hydrogen) atoms. The largest absolute Gasteiger partial charge is 0.399 e. The van der Waals surface area contributed by atoms with Crippen LogP contribution in [0.4, 0.5) is 11.4 Å². The van der Waals surface area contributed by atoms with Crippen molar-refractivity contribution in [2.24, 2.45) is 5.92 Å². The summed E-state index contributed by atoms with van der Waals surface area (Å²) in [6.45, 7) is 6.30. The fourth-order valence-corrected chi connectivity index (χ4v) is 3.03. The van der Waals surface area contributed by atoms with Crippen molar-refractivity contribution in [3.05, 3.63) is 23.2 Å². The average Bonchev–Trinajstić information content (AvgIpc) is 2.45. The van der Waals surface area contributed by atoms with E-state index in [1.165, 1.54) is 0 Å². The molecule has 1 aliphatic heterocycles. The summed E-state index contributed by atoms with van der Waals surface area (Å²) in [7, 11) is 0. The third kappa shape index (κ3) is 4.11. The van der Waals surface area contributed by atoms with Gasteiger partial charge in [0.15, 0.2) is 0 Å². The van der Waals surface area contributed by atoms with Gasteiger partial charge in [0.2, 0.25) is 5.91 Å². The second-order valence-electron chi connectivity index (χ2n) is 5.87. The van der Waals surface area contributed by atoms with E-state index in [4.69, 9.17) is 17.3 Å². The minimum atomic E-state index is -0.0916. The van der Waals surface area contributed by atoms with Crippen molar-refractivity contribution in [2.45, 2.75) is 39.2 Å². The molecule has 0 aliphatic carbocycles. The van der Waals surface area contributed by atoms with Crippen LogP contribution in [-0.4, -0.2) is 29.9 Å². The molecule has 1 atom stereocenters. The molecule has 1 fully saturated rings. The van der Waals surface area contributed by atoms with E-state index in [0.717, 1.165) is 38.3 Å². The lowest BCUT2D eigenvalue weighted by Gasteiger charge is -2.35. The number of carbonyl (C=O) groups excluding carboxylic acids is 1. The lowest BCUT2D eigenvalue weighted by atomic mass is 9.97. The zero-order chi connectivity index (χ0) is 15.4.